The third-order valence-corrected chi connectivity index (χ3v) is 4.76. The Bertz CT molecular complexity index is 520. The number of aliphatic imine (C=N–C) groups is 1. The summed E-state index contributed by atoms with van der Waals surface area (Å²) >= 11 is 0. The van der Waals surface area contributed by atoms with Crippen LogP contribution in [0.15, 0.2) is 4.99 Å². The average molecular weight is 512 g/mol. The first kappa shape index (κ1) is 27.2. The van der Waals surface area contributed by atoms with Crippen LogP contribution in [-0.2, 0) is 4.74 Å². The predicted octanol–water partition coefficient (Wildman–Crippen LogP) is 3.40. The highest BCUT2D eigenvalue weighted by Gasteiger charge is 2.35. The lowest BCUT2D eigenvalue weighted by molar-refractivity contribution is 0.00396. The van der Waals surface area contributed by atoms with Crippen LogP contribution >= 0.6 is 24.0 Å². The third kappa shape index (κ3) is 10.1. The van der Waals surface area contributed by atoms with Crippen LogP contribution in [0.3, 0.4) is 0 Å². The van der Waals surface area contributed by atoms with Crippen LogP contribution in [0.5, 0.6) is 0 Å². The van der Waals surface area contributed by atoms with Gasteiger partial charge in [-0.1, -0.05) is 19.8 Å². The molecular formula is C20H41IN4O3. The molecule has 0 heterocycles. The van der Waals surface area contributed by atoms with E-state index in [4.69, 9.17) is 4.74 Å². The molecule has 0 aromatic heterocycles. The van der Waals surface area contributed by atoms with E-state index in [2.05, 4.69) is 27.9 Å². The molecular weight excluding hydrogens is 471 g/mol. The number of aliphatic hydroxyl groups excluding tert-OH is 1. The van der Waals surface area contributed by atoms with Crippen molar-refractivity contribution in [3.8, 4) is 0 Å². The molecule has 0 radical (unpaired) electrons. The van der Waals surface area contributed by atoms with Crippen LogP contribution in [0, 0.1) is 5.41 Å². The molecule has 2 atom stereocenters. The highest BCUT2D eigenvalue weighted by Crippen LogP contribution is 2.35. The second-order valence-corrected chi connectivity index (χ2v) is 9.48. The monoisotopic (exact) mass is 512 g/mol. The standard InChI is InChI=1S/C20H40N4O3.HI/c1-8-21-16(23-14-20(7)12-10-9-11-15(20)25)22-13-19(5,6)24-17(26)27-18(2,3)4;/h15,25H,8-14H2,1-7H3,(H,24,26)(H2,21,22,23);1H. The summed E-state index contributed by atoms with van der Waals surface area (Å²) in [6, 6.07) is 0. The molecule has 8 heteroatoms. The molecule has 28 heavy (non-hydrogen) atoms. The first-order valence-corrected chi connectivity index (χ1v) is 10.1. The minimum atomic E-state index is -0.543. The Morgan fingerprint density at radius 2 is 1.86 bits per heavy atom. The summed E-state index contributed by atoms with van der Waals surface area (Å²) in [5.41, 5.74) is -1.21. The van der Waals surface area contributed by atoms with Gasteiger partial charge in [-0.25, -0.2) is 4.79 Å². The molecule has 0 saturated heterocycles. The van der Waals surface area contributed by atoms with Crippen molar-refractivity contribution in [3.63, 3.8) is 0 Å². The van der Waals surface area contributed by atoms with Crippen LogP contribution in [0.4, 0.5) is 4.79 Å². The van der Waals surface area contributed by atoms with Crippen molar-refractivity contribution in [2.75, 3.05) is 19.6 Å². The maximum atomic E-state index is 12.0. The fourth-order valence-corrected chi connectivity index (χ4v) is 3.11. The van der Waals surface area contributed by atoms with Crippen molar-refractivity contribution >= 4 is 36.0 Å². The smallest absolute Gasteiger partial charge is 0.408 e. The SMILES string of the molecule is CCNC(=NCC(C)(C)NC(=O)OC(C)(C)C)NCC1(C)CCCCC1O.I. The summed E-state index contributed by atoms with van der Waals surface area (Å²) in [6.45, 7) is 15.3. The zero-order valence-corrected chi connectivity index (χ0v) is 21.0. The Hall–Kier alpha value is -0.770. The number of amides is 1. The highest BCUT2D eigenvalue weighted by atomic mass is 127. The lowest BCUT2D eigenvalue weighted by Gasteiger charge is -2.39. The van der Waals surface area contributed by atoms with Crippen LogP contribution in [0.1, 0.15) is 74.1 Å². The fraction of sp³-hybridized carbons (Fsp3) is 0.900. The van der Waals surface area contributed by atoms with Gasteiger partial charge in [-0.05, 0) is 54.4 Å². The number of nitrogens with zero attached hydrogens (tertiary/aromatic N) is 1. The number of hydrogen-bond acceptors (Lipinski definition) is 4. The number of carbonyl (C=O) groups excluding carboxylic acids is 1. The zero-order chi connectivity index (χ0) is 20.7. The number of hydrogen-bond donors (Lipinski definition) is 4. The van der Waals surface area contributed by atoms with Crippen molar-refractivity contribution in [1.29, 1.82) is 0 Å². The second kappa shape index (κ2) is 11.4. The average Bonchev–Trinajstić information content (AvgIpc) is 2.51. The molecule has 0 aliphatic heterocycles. The fourth-order valence-electron chi connectivity index (χ4n) is 3.11. The Balaban J connectivity index is 0.00000729. The molecule has 0 aromatic rings. The van der Waals surface area contributed by atoms with E-state index in [0.29, 0.717) is 19.0 Å². The van der Waals surface area contributed by atoms with E-state index in [0.717, 1.165) is 32.2 Å². The summed E-state index contributed by atoms with van der Waals surface area (Å²) in [7, 11) is 0. The Morgan fingerprint density at radius 3 is 2.39 bits per heavy atom. The summed E-state index contributed by atoms with van der Waals surface area (Å²) in [5, 5.41) is 19.8. The van der Waals surface area contributed by atoms with Gasteiger partial charge in [-0.15, -0.1) is 24.0 Å². The summed E-state index contributed by atoms with van der Waals surface area (Å²) in [6.07, 6.45) is 3.38. The molecule has 1 aliphatic carbocycles. The Kier molecular flexibility index (Phi) is 11.1. The van der Waals surface area contributed by atoms with Crippen molar-refractivity contribution < 1.29 is 14.6 Å². The molecule has 4 N–H and O–H groups in total. The topological polar surface area (TPSA) is 95.0 Å². The van der Waals surface area contributed by atoms with Gasteiger partial charge in [0.1, 0.15) is 5.60 Å². The third-order valence-electron chi connectivity index (χ3n) is 4.76. The van der Waals surface area contributed by atoms with Gasteiger partial charge in [0.2, 0.25) is 0 Å². The maximum Gasteiger partial charge on any atom is 0.408 e. The Labute approximate surface area is 187 Å². The lowest BCUT2D eigenvalue weighted by Crippen LogP contribution is -2.50. The second-order valence-electron chi connectivity index (χ2n) is 9.48. The van der Waals surface area contributed by atoms with Gasteiger partial charge in [0.05, 0.1) is 18.2 Å². The van der Waals surface area contributed by atoms with Crippen LogP contribution in [0.2, 0.25) is 0 Å². The summed E-state index contributed by atoms with van der Waals surface area (Å²) < 4.78 is 5.32. The van der Waals surface area contributed by atoms with Crippen molar-refractivity contribution in [2.45, 2.75) is 91.4 Å². The molecule has 2 unspecified atom stereocenters. The molecule has 1 fully saturated rings. The molecule has 166 valence electrons. The van der Waals surface area contributed by atoms with Crippen LogP contribution < -0.4 is 16.0 Å². The number of rotatable bonds is 6. The van der Waals surface area contributed by atoms with E-state index in [-0.39, 0.29) is 35.5 Å². The predicted molar refractivity (Wildman–Crippen MR) is 125 cm³/mol. The molecule has 1 amide bonds. The molecule has 1 saturated carbocycles. The molecule has 1 rings (SSSR count). The minimum Gasteiger partial charge on any atom is -0.444 e. The van der Waals surface area contributed by atoms with E-state index < -0.39 is 17.2 Å². The number of nitrogens with one attached hydrogen (secondary N) is 3. The van der Waals surface area contributed by atoms with E-state index in [1.165, 1.54) is 0 Å². The van der Waals surface area contributed by atoms with Crippen molar-refractivity contribution in [3.05, 3.63) is 0 Å². The highest BCUT2D eigenvalue weighted by molar-refractivity contribution is 14.0. The molecule has 0 bridgehead atoms. The lowest BCUT2D eigenvalue weighted by atomic mass is 9.73. The van der Waals surface area contributed by atoms with Gasteiger partial charge < -0.3 is 25.8 Å². The largest absolute Gasteiger partial charge is 0.444 e. The van der Waals surface area contributed by atoms with Gasteiger partial charge in [0, 0.05) is 18.5 Å². The van der Waals surface area contributed by atoms with Crippen LogP contribution in [0.25, 0.3) is 0 Å². The molecule has 1 aliphatic rings. The molecule has 0 aromatic carbocycles. The first-order valence-electron chi connectivity index (χ1n) is 10.1. The zero-order valence-electron chi connectivity index (χ0n) is 18.6. The van der Waals surface area contributed by atoms with Gasteiger partial charge in [0.15, 0.2) is 5.96 Å². The first-order chi connectivity index (χ1) is 12.4. The van der Waals surface area contributed by atoms with Crippen molar-refractivity contribution in [2.24, 2.45) is 10.4 Å². The van der Waals surface area contributed by atoms with Gasteiger partial charge in [-0.3, -0.25) is 4.99 Å². The number of guanidine groups is 1. The van der Waals surface area contributed by atoms with E-state index >= 15 is 0 Å². The van der Waals surface area contributed by atoms with E-state index in [1.54, 1.807) is 0 Å². The maximum absolute atomic E-state index is 12.0. The van der Waals surface area contributed by atoms with Crippen LogP contribution in [-0.4, -0.2) is 54.0 Å². The quantitative estimate of drug-likeness (QED) is 0.249. The molecule has 0 spiro atoms. The van der Waals surface area contributed by atoms with Gasteiger partial charge in [0.25, 0.3) is 0 Å². The number of carbonyl (C=O) groups is 1. The van der Waals surface area contributed by atoms with E-state index in [9.17, 15) is 9.90 Å². The molecule has 7 nitrogen and oxygen atoms in total. The van der Waals surface area contributed by atoms with Gasteiger partial charge in [-0.2, -0.15) is 0 Å². The number of alkyl carbamates (subject to hydrolysis) is 1. The van der Waals surface area contributed by atoms with E-state index in [1.807, 2.05) is 41.5 Å². The summed E-state index contributed by atoms with van der Waals surface area (Å²) in [4.78, 5) is 16.6. The number of ether oxygens (including phenoxy) is 1. The number of aliphatic hydroxyl groups is 1. The summed E-state index contributed by atoms with van der Waals surface area (Å²) in [5.74, 6) is 0.690. The minimum absolute atomic E-state index is 0. The van der Waals surface area contributed by atoms with Gasteiger partial charge >= 0.3 is 6.09 Å². The van der Waals surface area contributed by atoms with Crippen molar-refractivity contribution in [1.82, 2.24) is 16.0 Å². The normalized spacial score (nSPS) is 23.4. The Morgan fingerprint density at radius 1 is 1.21 bits per heavy atom. The number of halogens is 1.